The molecule has 1 heterocycles. The Kier molecular flexibility index (Phi) is 3.78. The van der Waals surface area contributed by atoms with Crippen molar-refractivity contribution in [1.82, 2.24) is 9.78 Å². The number of benzene rings is 1. The van der Waals surface area contributed by atoms with Crippen LogP contribution in [0.2, 0.25) is 0 Å². The van der Waals surface area contributed by atoms with E-state index in [1.165, 1.54) is 10.9 Å². The summed E-state index contributed by atoms with van der Waals surface area (Å²) >= 11 is 0. The number of aliphatic hydroxyl groups is 1. The van der Waals surface area contributed by atoms with E-state index in [0.717, 1.165) is 12.5 Å². The minimum Gasteiger partial charge on any atom is -0.494 e. The first-order valence-corrected chi connectivity index (χ1v) is 7.65. The standard InChI is InChI=1S/C16H19F3N2O2/c1-3-4-23-12-5-10-9-20-21(11-7-15(2,22)8-11)14(10)13(6-12)16(17,18)19/h5-6,9,11,22H,3-4,7-8H2,1-2H3/t11-,15+. The van der Waals surface area contributed by atoms with E-state index < -0.39 is 17.3 Å². The maximum Gasteiger partial charge on any atom is 0.418 e. The molecule has 0 saturated heterocycles. The first-order chi connectivity index (χ1) is 10.7. The van der Waals surface area contributed by atoms with Crippen LogP contribution in [0.25, 0.3) is 10.9 Å². The van der Waals surface area contributed by atoms with Crippen LogP contribution in [0.15, 0.2) is 18.3 Å². The van der Waals surface area contributed by atoms with Gasteiger partial charge in [0, 0.05) is 5.39 Å². The fourth-order valence-corrected chi connectivity index (χ4v) is 3.09. The lowest BCUT2D eigenvalue weighted by Crippen LogP contribution is -2.42. The van der Waals surface area contributed by atoms with E-state index in [1.807, 2.05) is 6.92 Å². The van der Waals surface area contributed by atoms with Crippen molar-refractivity contribution in [2.75, 3.05) is 6.61 Å². The summed E-state index contributed by atoms with van der Waals surface area (Å²) in [5.74, 6) is 0.201. The average molecular weight is 328 g/mol. The summed E-state index contributed by atoms with van der Waals surface area (Å²) < 4.78 is 47.2. The van der Waals surface area contributed by atoms with Gasteiger partial charge in [-0.1, -0.05) is 6.92 Å². The lowest BCUT2D eigenvalue weighted by molar-refractivity contribution is -0.136. The van der Waals surface area contributed by atoms with Crippen LogP contribution in [-0.2, 0) is 6.18 Å². The number of halogens is 3. The summed E-state index contributed by atoms with van der Waals surface area (Å²) in [6.07, 6.45) is -1.55. The number of alkyl halides is 3. The van der Waals surface area contributed by atoms with Crippen LogP contribution in [-0.4, -0.2) is 27.1 Å². The van der Waals surface area contributed by atoms with Crippen molar-refractivity contribution in [3.05, 3.63) is 23.9 Å². The number of rotatable bonds is 4. The first-order valence-electron chi connectivity index (χ1n) is 7.65. The van der Waals surface area contributed by atoms with Crippen LogP contribution >= 0.6 is 0 Å². The molecule has 1 fully saturated rings. The second-order valence-electron chi connectivity index (χ2n) is 6.40. The van der Waals surface area contributed by atoms with E-state index >= 15 is 0 Å². The van der Waals surface area contributed by atoms with Gasteiger partial charge in [0.25, 0.3) is 0 Å². The molecule has 0 amide bonds. The minimum atomic E-state index is -4.49. The molecule has 0 radical (unpaired) electrons. The smallest absolute Gasteiger partial charge is 0.418 e. The highest BCUT2D eigenvalue weighted by atomic mass is 19.4. The van der Waals surface area contributed by atoms with Gasteiger partial charge in [-0.2, -0.15) is 18.3 Å². The van der Waals surface area contributed by atoms with Crippen LogP contribution in [0, 0.1) is 0 Å². The summed E-state index contributed by atoms with van der Waals surface area (Å²) in [7, 11) is 0. The zero-order valence-corrected chi connectivity index (χ0v) is 13.0. The molecule has 0 unspecified atom stereocenters. The molecular weight excluding hydrogens is 309 g/mol. The van der Waals surface area contributed by atoms with Gasteiger partial charge in [-0.3, -0.25) is 4.68 Å². The highest BCUT2D eigenvalue weighted by Crippen LogP contribution is 2.44. The van der Waals surface area contributed by atoms with Crippen molar-refractivity contribution in [2.45, 2.75) is 50.9 Å². The Morgan fingerprint density at radius 3 is 2.65 bits per heavy atom. The molecule has 1 saturated carbocycles. The summed E-state index contributed by atoms with van der Waals surface area (Å²) in [5, 5.41) is 14.4. The third-order valence-corrected chi connectivity index (χ3v) is 4.14. The van der Waals surface area contributed by atoms with Gasteiger partial charge in [0.05, 0.1) is 35.5 Å². The topological polar surface area (TPSA) is 47.3 Å². The van der Waals surface area contributed by atoms with Gasteiger partial charge in [0.2, 0.25) is 0 Å². The molecule has 23 heavy (non-hydrogen) atoms. The molecular formula is C16H19F3N2O2. The van der Waals surface area contributed by atoms with E-state index in [4.69, 9.17) is 4.74 Å². The number of ether oxygens (including phenoxy) is 1. The lowest BCUT2D eigenvalue weighted by atomic mass is 9.77. The molecule has 2 aromatic rings. The number of hydrogen-bond donors (Lipinski definition) is 1. The average Bonchev–Trinajstić information content (AvgIpc) is 2.83. The fraction of sp³-hybridized carbons (Fsp3) is 0.562. The van der Waals surface area contributed by atoms with Gasteiger partial charge in [0.15, 0.2) is 0 Å². The Hall–Kier alpha value is -1.76. The summed E-state index contributed by atoms with van der Waals surface area (Å²) in [5.41, 5.74) is -1.52. The Morgan fingerprint density at radius 1 is 1.39 bits per heavy atom. The number of nitrogens with zero attached hydrogens (tertiary/aromatic N) is 2. The molecule has 1 aromatic carbocycles. The van der Waals surface area contributed by atoms with E-state index in [9.17, 15) is 18.3 Å². The second kappa shape index (κ2) is 5.40. The summed E-state index contributed by atoms with van der Waals surface area (Å²) in [6.45, 7) is 3.93. The summed E-state index contributed by atoms with van der Waals surface area (Å²) in [6, 6.07) is 2.40. The van der Waals surface area contributed by atoms with Gasteiger partial charge < -0.3 is 9.84 Å². The van der Waals surface area contributed by atoms with Crippen LogP contribution in [0.4, 0.5) is 13.2 Å². The predicted octanol–water partition coefficient (Wildman–Crippen LogP) is 3.93. The molecule has 0 spiro atoms. The second-order valence-corrected chi connectivity index (χ2v) is 6.40. The van der Waals surface area contributed by atoms with Crippen molar-refractivity contribution in [2.24, 2.45) is 0 Å². The molecule has 3 rings (SSSR count). The molecule has 126 valence electrons. The van der Waals surface area contributed by atoms with Gasteiger partial charge in [-0.05, 0) is 38.3 Å². The molecule has 0 atom stereocenters. The molecule has 4 nitrogen and oxygen atoms in total. The molecule has 7 heteroatoms. The number of fused-ring (bicyclic) bond motifs is 1. The van der Waals surface area contributed by atoms with Crippen molar-refractivity contribution in [1.29, 1.82) is 0 Å². The van der Waals surface area contributed by atoms with Gasteiger partial charge in [-0.15, -0.1) is 0 Å². The Balaban J connectivity index is 2.07. The third-order valence-electron chi connectivity index (χ3n) is 4.14. The van der Waals surface area contributed by atoms with Crippen LogP contribution in [0.3, 0.4) is 0 Å². The van der Waals surface area contributed by atoms with Crippen LogP contribution < -0.4 is 4.74 Å². The zero-order chi connectivity index (χ0) is 16.8. The fourth-order valence-electron chi connectivity index (χ4n) is 3.09. The highest BCUT2D eigenvalue weighted by Gasteiger charge is 2.42. The van der Waals surface area contributed by atoms with Crippen molar-refractivity contribution < 1.29 is 23.0 Å². The maximum absolute atomic E-state index is 13.5. The van der Waals surface area contributed by atoms with E-state index in [0.29, 0.717) is 24.8 Å². The Labute approximate surface area is 131 Å². The third kappa shape index (κ3) is 3.02. The van der Waals surface area contributed by atoms with E-state index in [2.05, 4.69) is 5.10 Å². The number of aromatic nitrogens is 2. The van der Waals surface area contributed by atoms with E-state index in [-0.39, 0.29) is 17.3 Å². The molecule has 1 aromatic heterocycles. The minimum absolute atomic E-state index is 0.0573. The molecule has 1 aliphatic rings. The van der Waals surface area contributed by atoms with E-state index in [1.54, 1.807) is 13.0 Å². The largest absolute Gasteiger partial charge is 0.494 e. The van der Waals surface area contributed by atoms with Crippen molar-refractivity contribution in [3.8, 4) is 5.75 Å². The molecule has 1 aliphatic carbocycles. The Morgan fingerprint density at radius 2 is 2.09 bits per heavy atom. The highest BCUT2D eigenvalue weighted by molar-refractivity contribution is 5.84. The van der Waals surface area contributed by atoms with Gasteiger partial charge in [0.1, 0.15) is 5.75 Å². The SMILES string of the molecule is CCCOc1cc(C(F)(F)F)c2c(cnn2[C@H]2C[C@@](C)(O)C2)c1. The lowest BCUT2D eigenvalue weighted by Gasteiger charge is -2.41. The molecule has 0 bridgehead atoms. The normalized spacial score (nSPS) is 24.7. The molecule has 0 aliphatic heterocycles. The predicted molar refractivity (Wildman–Crippen MR) is 79.4 cm³/mol. The summed E-state index contributed by atoms with van der Waals surface area (Å²) in [4.78, 5) is 0. The van der Waals surface area contributed by atoms with Gasteiger partial charge >= 0.3 is 6.18 Å². The monoisotopic (exact) mass is 328 g/mol. The molecule has 1 N–H and O–H groups in total. The Bertz CT molecular complexity index is 714. The van der Waals surface area contributed by atoms with Crippen molar-refractivity contribution in [3.63, 3.8) is 0 Å². The maximum atomic E-state index is 13.5. The van der Waals surface area contributed by atoms with Crippen LogP contribution in [0.5, 0.6) is 5.75 Å². The zero-order valence-electron chi connectivity index (χ0n) is 13.0. The number of hydrogen-bond acceptors (Lipinski definition) is 3. The van der Waals surface area contributed by atoms with Gasteiger partial charge in [-0.25, -0.2) is 0 Å². The van der Waals surface area contributed by atoms with Crippen molar-refractivity contribution >= 4 is 10.9 Å². The quantitative estimate of drug-likeness (QED) is 0.925. The first kappa shape index (κ1) is 16.1. The van der Waals surface area contributed by atoms with Crippen LogP contribution in [0.1, 0.15) is 44.7 Å².